The Labute approximate surface area is 101 Å². The first kappa shape index (κ1) is 13.4. The molecule has 1 amide bonds. The molecule has 0 heterocycles. The van der Waals surface area contributed by atoms with Gasteiger partial charge in [-0.1, -0.05) is 24.3 Å². The molecule has 0 atom stereocenters. The van der Waals surface area contributed by atoms with Crippen molar-refractivity contribution < 1.29 is 9.18 Å². The summed E-state index contributed by atoms with van der Waals surface area (Å²) in [5.41, 5.74) is 5.84. The van der Waals surface area contributed by atoms with Gasteiger partial charge in [0.2, 0.25) is 5.91 Å². The molecule has 0 unspecified atom stereocenters. The van der Waals surface area contributed by atoms with E-state index in [1.165, 1.54) is 11.0 Å². The molecular weight excluding hydrogens is 219 g/mol. The highest BCUT2D eigenvalue weighted by Crippen LogP contribution is 2.10. The molecule has 92 valence electrons. The molecule has 0 saturated heterocycles. The van der Waals surface area contributed by atoms with Gasteiger partial charge in [0, 0.05) is 31.6 Å². The van der Waals surface area contributed by atoms with Gasteiger partial charge in [-0.05, 0) is 6.07 Å². The molecule has 2 N–H and O–H groups in total. The molecule has 0 bridgehead atoms. The van der Waals surface area contributed by atoms with E-state index in [1.54, 1.807) is 24.3 Å². The molecule has 4 heteroatoms. The largest absolute Gasteiger partial charge is 0.335 e. The molecule has 0 fully saturated rings. The summed E-state index contributed by atoms with van der Waals surface area (Å²) in [4.78, 5) is 13.3. The smallest absolute Gasteiger partial charge is 0.224 e. The van der Waals surface area contributed by atoms with Crippen molar-refractivity contribution in [1.29, 1.82) is 0 Å². The first-order valence-electron chi connectivity index (χ1n) is 5.51. The van der Waals surface area contributed by atoms with Crippen LogP contribution < -0.4 is 5.73 Å². The number of nitrogens with zero attached hydrogens (tertiary/aromatic N) is 1. The summed E-state index contributed by atoms with van der Waals surface area (Å²) in [6.45, 7) is 4.53. The predicted molar refractivity (Wildman–Crippen MR) is 65.7 cm³/mol. The Bertz CT molecular complexity index is 393. The maximum atomic E-state index is 13.5. The summed E-state index contributed by atoms with van der Waals surface area (Å²) in [5.74, 6) is -0.391. The van der Waals surface area contributed by atoms with Gasteiger partial charge >= 0.3 is 0 Å². The average Bonchev–Trinajstić information content (AvgIpc) is 2.31. The second-order valence-corrected chi connectivity index (χ2v) is 3.69. The van der Waals surface area contributed by atoms with Crippen molar-refractivity contribution in [2.24, 2.45) is 5.73 Å². The summed E-state index contributed by atoms with van der Waals surface area (Å²) >= 11 is 0. The summed E-state index contributed by atoms with van der Waals surface area (Å²) < 4.78 is 13.5. The summed E-state index contributed by atoms with van der Waals surface area (Å²) in [6.07, 6.45) is 1.89. The van der Waals surface area contributed by atoms with E-state index >= 15 is 0 Å². The average molecular weight is 236 g/mol. The molecule has 1 aromatic carbocycles. The van der Waals surface area contributed by atoms with Crippen molar-refractivity contribution in [3.8, 4) is 0 Å². The van der Waals surface area contributed by atoms with Gasteiger partial charge in [-0.2, -0.15) is 0 Å². The molecular formula is C13H17FN2O. The van der Waals surface area contributed by atoms with Gasteiger partial charge in [0.25, 0.3) is 0 Å². The number of hydrogen-bond acceptors (Lipinski definition) is 2. The second-order valence-electron chi connectivity index (χ2n) is 3.69. The van der Waals surface area contributed by atoms with Crippen LogP contribution in [0.5, 0.6) is 0 Å². The van der Waals surface area contributed by atoms with Crippen LogP contribution in [0, 0.1) is 5.82 Å². The standard InChI is InChI=1S/C13H17FN2O/c1-2-9-16(13(17)7-8-15)10-11-5-3-4-6-12(11)14/h2-6H,1,7-10,15H2. The van der Waals surface area contributed by atoms with Gasteiger partial charge in [-0.3, -0.25) is 4.79 Å². The number of amides is 1. The molecule has 0 radical (unpaired) electrons. The third-order valence-corrected chi connectivity index (χ3v) is 2.38. The Hall–Kier alpha value is -1.68. The van der Waals surface area contributed by atoms with E-state index in [9.17, 15) is 9.18 Å². The highest BCUT2D eigenvalue weighted by molar-refractivity contribution is 5.76. The summed E-state index contributed by atoms with van der Waals surface area (Å²) in [7, 11) is 0. The second kappa shape index (κ2) is 6.81. The van der Waals surface area contributed by atoms with Crippen LogP contribution in [0.4, 0.5) is 4.39 Å². The van der Waals surface area contributed by atoms with E-state index in [0.29, 0.717) is 18.7 Å². The van der Waals surface area contributed by atoms with Crippen LogP contribution in [0.3, 0.4) is 0 Å². The summed E-state index contributed by atoms with van der Waals surface area (Å²) in [5, 5.41) is 0. The van der Waals surface area contributed by atoms with E-state index in [1.807, 2.05) is 0 Å². The molecule has 17 heavy (non-hydrogen) atoms. The predicted octanol–water partition coefficient (Wildman–Crippen LogP) is 1.69. The Kier molecular flexibility index (Phi) is 5.36. The lowest BCUT2D eigenvalue weighted by molar-refractivity contribution is -0.131. The minimum atomic E-state index is -0.304. The molecule has 0 spiro atoms. The number of carbonyl (C=O) groups excluding carboxylic acids is 1. The Morgan fingerprint density at radius 1 is 1.47 bits per heavy atom. The molecule has 0 aromatic heterocycles. The Morgan fingerprint density at radius 2 is 2.18 bits per heavy atom. The molecule has 0 aliphatic heterocycles. The zero-order valence-corrected chi connectivity index (χ0v) is 9.73. The third-order valence-electron chi connectivity index (χ3n) is 2.38. The van der Waals surface area contributed by atoms with Crippen LogP contribution in [-0.2, 0) is 11.3 Å². The molecule has 0 saturated carbocycles. The van der Waals surface area contributed by atoms with Crippen molar-refractivity contribution in [3.05, 3.63) is 48.3 Å². The number of rotatable bonds is 6. The molecule has 3 nitrogen and oxygen atoms in total. The normalized spacial score (nSPS) is 10.0. The minimum absolute atomic E-state index is 0.0874. The first-order chi connectivity index (χ1) is 8.19. The van der Waals surface area contributed by atoms with E-state index in [4.69, 9.17) is 5.73 Å². The fourth-order valence-electron chi connectivity index (χ4n) is 1.52. The molecule has 1 aromatic rings. The van der Waals surface area contributed by atoms with Gasteiger partial charge in [0.15, 0.2) is 0 Å². The van der Waals surface area contributed by atoms with Crippen LogP contribution in [0.1, 0.15) is 12.0 Å². The lowest BCUT2D eigenvalue weighted by atomic mass is 10.2. The van der Waals surface area contributed by atoms with Crippen LogP contribution >= 0.6 is 0 Å². The zero-order valence-electron chi connectivity index (χ0n) is 9.73. The Morgan fingerprint density at radius 3 is 2.76 bits per heavy atom. The highest BCUT2D eigenvalue weighted by Gasteiger charge is 2.13. The monoisotopic (exact) mass is 236 g/mol. The molecule has 0 aliphatic carbocycles. The highest BCUT2D eigenvalue weighted by atomic mass is 19.1. The number of carbonyl (C=O) groups is 1. The SMILES string of the molecule is C=CCN(Cc1ccccc1F)C(=O)CCN. The van der Waals surface area contributed by atoms with Gasteiger partial charge in [0.05, 0.1) is 0 Å². The summed E-state index contributed by atoms with van der Waals surface area (Å²) in [6, 6.07) is 6.42. The number of hydrogen-bond donors (Lipinski definition) is 1. The van der Waals surface area contributed by atoms with Gasteiger partial charge in [-0.25, -0.2) is 4.39 Å². The fourth-order valence-corrected chi connectivity index (χ4v) is 1.52. The molecule has 0 aliphatic rings. The topological polar surface area (TPSA) is 46.3 Å². The van der Waals surface area contributed by atoms with Crippen LogP contribution in [-0.4, -0.2) is 23.9 Å². The maximum Gasteiger partial charge on any atom is 0.224 e. The van der Waals surface area contributed by atoms with Crippen LogP contribution in [0.2, 0.25) is 0 Å². The quantitative estimate of drug-likeness (QED) is 0.764. The van der Waals surface area contributed by atoms with E-state index < -0.39 is 0 Å². The van der Waals surface area contributed by atoms with E-state index in [-0.39, 0.29) is 24.7 Å². The van der Waals surface area contributed by atoms with Crippen molar-refractivity contribution >= 4 is 5.91 Å². The minimum Gasteiger partial charge on any atom is -0.335 e. The van der Waals surface area contributed by atoms with E-state index in [0.717, 1.165) is 0 Å². The fraction of sp³-hybridized carbons (Fsp3) is 0.308. The van der Waals surface area contributed by atoms with Crippen molar-refractivity contribution in [3.63, 3.8) is 0 Å². The lowest BCUT2D eigenvalue weighted by Crippen LogP contribution is -2.32. The third kappa shape index (κ3) is 4.00. The van der Waals surface area contributed by atoms with E-state index in [2.05, 4.69) is 6.58 Å². The first-order valence-corrected chi connectivity index (χ1v) is 5.51. The number of nitrogens with two attached hydrogens (primary N) is 1. The van der Waals surface area contributed by atoms with Crippen molar-refractivity contribution in [2.75, 3.05) is 13.1 Å². The van der Waals surface area contributed by atoms with Gasteiger partial charge in [0.1, 0.15) is 5.82 Å². The van der Waals surface area contributed by atoms with Gasteiger partial charge in [-0.15, -0.1) is 6.58 Å². The zero-order chi connectivity index (χ0) is 12.7. The van der Waals surface area contributed by atoms with Gasteiger partial charge < -0.3 is 10.6 Å². The number of benzene rings is 1. The van der Waals surface area contributed by atoms with Crippen LogP contribution in [0.25, 0.3) is 0 Å². The lowest BCUT2D eigenvalue weighted by Gasteiger charge is -2.21. The number of halogens is 1. The van der Waals surface area contributed by atoms with Crippen molar-refractivity contribution in [1.82, 2.24) is 4.90 Å². The van der Waals surface area contributed by atoms with Crippen LogP contribution in [0.15, 0.2) is 36.9 Å². The molecule has 1 rings (SSSR count). The maximum absolute atomic E-state index is 13.5. The van der Waals surface area contributed by atoms with Crippen molar-refractivity contribution in [2.45, 2.75) is 13.0 Å². The Balaban J connectivity index is 2.76.